The third kappa shape index (κ3) is 5.96. The Hall–Kier alpha value is -0.790. The highest BCUT2D eigenvalue weighted by atomic mass is 16.5. The third-order valence-electron chi connectivity index (χ3n) is 1.51. The molecule has 0 aromatic rings. The molecule has 0 N–H and O–H groups in total. The van der Waals surface area contributed by atoms with Gasteiger partial charge < -0.3 is 4.74 Å². The predicted octanol–water partition coefficient (Wildman–Crippen LogP) is 2.54. The van der Waals surface area contributed by atoms with E-state index in [9.17, 15) is 4.79 Å². The van der Waals surface area contributed by atoms with Gasteiger partial charge in [0, 0.05) is 6.08 Å². The van der Waals surface area contributed by atoms with Gasteiger partial charge in [0.1, 0.15) is 0 Å². The lowest BCUT2D eigenvalue weighted by molar-refractivity contribution is -0.142. The van der Waals surface area contributed by atoms with Gasteiger partial charge in [0.25, 0.3) is 0 Å². The van der Waals surface area contributed by atoms with Crippen LogP contribution in [-0.2, 0) is 9.53 Å². The molecule has 0 rings (SSSR count). The van der Waals surface area contributed by atoms with Gasteiger partial charge in [-0.2, -0.15) is 0 Å². The molecule has 0 heterocycles. The number of hydrogen-bond donors (Lipinski definition) is 0. The minimum absolute atomic E-state index is 0.0225. The summed E-state index contributed by atoms with van der Waals surface area (Å²) in [4.78, 5) is 11.0. The summed E-state index contributed by atoms with van der Waals surface area (Å²) in [6.45, 7) is 7.92. The molecule has 12 heavy (non-hydrogen) atoms. The molecule has 1 atom stereocenters. The first kappa shape index (κ1) is 11.2. The summed E-state index contributed by atoms with van der Waals surface area (Å²) in [7, 11) is 0. The number of carbonyl (C=O) groups is 1. The first-order chi connectivity index (χ1) is 5.56. The molecule has 70 valence electrons. The second-order valence-corrected chi connectivity index (χ2v) is 3.26. The molecule has 0 saturated heterocycles. The Morgan fingerprint density at radius 1 is 1.42 bits per heavy atom. The van der Waals surface area contributed by atoms with E-state index in [-0.39, 0.29) is 12.1 Å². The maximum absolute atomic E-state index is 11.0. The number of carbonyl (C=O) groups excluding carboxylic acids is 1. The summed E-state index contributed by atoms with van der Waals surface area (Å²) in [5.74, 6) is 0.160. The van der Waals surface area contributed by atoms with Crippen LogP contribution in [0.3, 0.4) is 0 Å². The van der Waals surface area contributed by atoms with Crippen LogP contribution in [0, 0.1) is 5.92 Å². The number of esters is 1. The second kappa shape index (κ2) is 5.81. The fourth-order valence-electron chi connectivity index (χ4n) is 0.592. The average Bonchev–Trinajstić information content (AvgIpc) is 2.00. The SMILES string of the molecule is CCC(C)OC(=O)C=CC(C)C. The molecule has 0 aliphatic rings. The van der Waals surface area contributed by atoms with Crippen molar-refractivity contribution in [3.05, 3.63) is 12.2 Å². The van der Waals surface area contributed by atoms with Crippen LogP contribution in [0.15, 0.2) is 12.2 Å². The highest BCUT2D eigenvalue weighted by Crippen LogP contribution is 1.99. The van der Waals surface area contributed by atoms with Crippen LogP contribution in [0.1, 0.15) is 34.1 Å². The fraction of sp³-hybridized carbons (Fsp3) is 0.700. The zero-order chi connectivity index (χ0) is 9.56. The quantitative estimate of drug-likeness (QED) is 0.478. The Labute approximate surface area is 74.6 Å². The van der Waals surface area contributed by atoms with E-state index in [1.807, 2.05) is 33.8 Å². The maximum Gasteiger partial charge on any atom is 0.330 e. The number of allylic oxidation sites excluding steroid dienone is 1. The van der Waals surface area contributed by atoms with Gasteiger partial charge in [0.05, 0.1) is 6.10 Å². The number of hydrogen-bond acceptors (Lipinski definition) is 2. The average molecular weight is 170 g/mol. The summed E-state index contributed by atoms with van der Waals surface area (Å²) in [5.41, 5.74) is 0. The molecule has 0 amide bonds. The van der Waals surface area contributed by atoms with Crippen molar-refractivity contribution in [2.75, 3.05) is 0 Å². The zero-order valence-electron chi connectivity index (χ0n) is 8.33. The molecule has 0 aromatic carbocycles. The van der Waals surface area contributed by atoms with E-state index in [4.69, 9.17) is 4.74 Å². The van der Waals surface area contributed by atoms with Crippen molar-refractivity contribution in [3.8, 4) is 0 Å². The lowest BCUT2D eigenvalue weighted by atomic mass is 10.2. The van der Waals surface area contributed by atoms with Crippen LogP contribution in [0.25, 0.3) is 0 Å². The predicted molar refractivity (Wildman–Crippen MR) is 49.8 cm³/mol. The summed E-state index contributed by atoms with van der Waals surface area (Å²) >= 11 is 0. The Morgan fingerprint density at radius 3 is 2.42 bits per heavy atom. The minimum Gasteiger partial charge on any atom is -0.460 e. The number of rotatable bonds is 4. The molecule has 0 aliphatic heterocycles. The molecule has 0 spiro atoms. The van der Waals surface area contributed by atoms with E-state index >= 15 is 0 Å². The first-order valence-electron chi connectivity index (χ1n) is 4.45. The Kier molecular flexibility index (Phi) is 5.43. The van der Waals surface area contributed by atoms with Crippen molar-refractivity contribution >= 4 is 5.97 Å². The standard InChI is InChI=1S/C10H18O2/c1-5-9(4)12-10(11)7-6-8(2)3/h6-9H,5H2,1-4H3. The first-order valence-corrected chi connectivity index (χ1v) is 4.45. The van der Waals surface area contributed by atoms with Gasteiger partial charge in [-0.1, -0.05) is 26.8 Å². The topological polar surface area (TPSA) is 26.3 Å². The van der Waals surface area contributed by atoms with Crippen LogP contribution in [0.4, 0.5) is 0 Å². The van der Waals surface area contributed by atoms with E-state index in [0.29, 0.717) is 5.92 Å². The molecular weight excluding hydrogens is 152 g/mol. The Morgan fingerprint density at radius 2 is 2.00 bits per heavy atom. The summed E-state index contributed by atoms with van der Waals surface area (Å²) in [6.07, 6.45) is 4.22. The van der Waals surface area contributed by atoms with Gasteiger partial charge in [-0.3, -0.25) is 0 Å². The van der Waals surface area contributed by atoms with Gasteiger partial charge in [-0.25, -0.2) is 4.79 Å². The largest absolute Gasteiger partial charge is 0.460 e. The van der Waals surface area contributed by atoms with E-state index < -0.39 is 0 Å². The molecule has 0 fully saturated rings. The smallest absolute Gasteiger partial charge is 0.330 e. The van der Waals surface area contributed by atoms with Crippen molar-refractivity contribution in [2.45, 2.75) is 40.2 Å². The Balaban J connectivity index is 3.74. The van der Waals surface area contributed by atoms with Gasteiger partial charge in [0.15, 0.2) is 0 Å². The molecule has 0 bridgehead atoms. The molecule has 0 radical (unpaired) electrons. The minimum atomic E-state index is -0.238. The van der Waals surface area contributed by atoms with E-state index in [2.05, 4.69) is 0 Å². The van der Waals surface area contributed by atoms with Gasteiger partial charge >= 0.3 is 5.97 Å². The van der Waals surface area contributed by atoms with E-state index in [1.54, 1.807) is 0 Å². The monoisotopic (exact) mass is 170 g/mol. The Bertz CT molecular complexity index is 159. The molecular formula is C10H18O2. The lowest BCUT2D eigenvalue weighted by Crippen LogP contribution is -2.11. The fourth-order valence-corrected chi connectivity index (χ4v) is 0.592. The third-order valence-corrected chi connectivity index (χ3v) is 1.51. The van der Waals surface area contributed by atoms with Crippen molar-refractivity contribution in [3.63, 3.8) is 0 Å². The van der Waals surface area contributed by atoms with Crippen LogP contribution >= 0.6 is 0 Å². The normalized spacial score (nSPS) is 13.8. The van der Waals surface area contributed by atoms with Crippen LogP contribution in [0.5, 0.6) is 0 Å². The second-order valence-electron chi connectivity index (χ2n) is 3.26. The van der Waals surface area contributed by atoms with Crippen LogP contribution < -0.4 is 0 Å². The number of ether oxygens (including phenoxy) is 1. The van der Waals surface area contributed by atoms with Crippen molar-refractivity contribution in [1.82, 2.24) is 0 Å². The molecule has 2 heteroatoms. The van der Waals surface area contributed by atoms with Gasteiger partial charge in [-0.05, 0) is 19.3 Å². The molecule has 0 saturated carbocycles. The van der Waals surface area contributed by atoms with Crippen molar-refractivity contribution in [1.29, 1.82) is 0 Å². The summed E-state index contributed by atoms with van der Waals surface area (Å²) in [6, 6.07) is 0. The highest BCUT2D eigenvalue weighted by molar-refractivity contribution is 5.82. The molecule has 0 aromatic heterocycles. The summed E-state index contributed by atoms with van der Waals surface area (Å²) < 4.78 is 5.02. The van der Waals surface area contributed by atoms with Crippen LogP contribution in [0.2, 0.25) is 0 Å². The molecule has 2 nitrogen and oxygen atoms in total. The summed E-state index contributed by atoms with van der Waals surface area (Å²) in [5, 5.41) is 0. The molecule has 0 aliphatic carbocycles. The van der Waals surface area contributed by atoms with Crippen molar-refractivity contribution in [2.24, 2.45) is 5.92 Å². The lowest BCUT2D eigenvalue weighted by Gasteiger charge is -2.07. The molecule has 1 unspecified atom stereocenters. The van der Waals surface area contributed by atoms with Crippen molar-refractivity contribution < 1.29 is 9.53 Å². The maximum atomic E-state index is 11.0. The van der Waals surface area contributed by atoms with Crippen LogP contribution in [-0.4, -0.2) is 12.1 Å². The zero-order valence-corrected chi connectivity index (χ0v) is 8.33. The van der Waals surface area contributed by atoms with E-state index in [1.165, 1.54) is 6.08 Å². The van der Waals surface area contributed by atoms with Gasteiger partial charge in [0.2, 0.25) is 0 Å². The van der Waals surface area contributed by atoms with E-state index in [0.717, 1.165) is 6.42 Å². The van der Waals surface area contributed by atoms with Gasteiger partial charge in [-0.15, -0.1) is 0 Å². The highest BCUT2D eigenvalue weighted by Gasteiger charge is 2.02.